The molecule has 3 nitrogen and oxygen atoms in total. The molecule has 1 aromatic heterocycles. The summed E-state index contributed by atoms with van der Waals surface area (Å²) in [4.78, 5) is 14.8. The van der Waals surface area contributed by atoms with Crippen LogP contribution >= 0.6 is 43.5 Å². The number of hydrogen-bond acceptors (Lipinski definition) is 3. The summed E-state index contributed by atoms with van der Waals surface area (Å²) < 4.78 is 7.16. The zero-order valence-electron chi connectivity index (χ0n) is 9.57. The zero-order valence-corrected chi connectivity index (χ0v) is 13.5. The predicted octanol–water partition coefficient (Wildman–Crippen LogP) is 4.65. The molecule has 0 unspecified atom stereocenters. The van der Waals surface area contributed by atoms with Crippen LogP contribution in [0.15, 0.2) is 39.4 Å². The quantitative estimate of drug-likeness (QED) is 0.695. The number of halogens is 3. The van der Waals surface area contributed by atoms with Crippen molar-refractivity contribution in [1.82, 2.24) is 4.98 Å². The van der Waals surface area contributed by atoms with Crippen LogP contribution in [-0.2, 0) is 6.61 Å². The van der Waals surface area contributed by atoms with Crippen LogP contribution in [0.4, 0.5) is 0 Å². The highest BCUT2D eigenvalue weighted by molar-refractivity contribution is 9.10. The Bertz CT molecular complexity index is 620. The van der Waals surface area contributed by atoms with E-state index in [1.807, 2.05) is 12.1 Å². The third-order valence-corrected chi connectivity index (χ3v) is 3.99. The van der Waals surface area contributed by atoms with Gasteiger partial charge in [-0.15, -0.1) is 0 Å². The minimum Gasteiger partial charge on any atom is -0.486 e. The Morgan fingerprint density at radius 2 is 2.11 bits per heavy atom. The van der Waals surface area contributed by atoms with E-state index in [-0.39, 0.29) is 5.69 Å². The number of carbonyl (C=O) groups is 1. The summed E-state index contributed by atoms with van der Waals surface area (Å²) in [5.41, 5.74) is 1.21. The average Bonchev–Trinajstić information content (AvgIpc) is 2.40. The highest BCUT2D eigenvalue weighted by atomic mass is 79.9. The van der Waals surface area contributed by atoms with Crippen molar-refractivity contribution < 1.29 is 9.53 Å². The summed E-state index contributed by atoms with van der Waals surface area (Å²) >= 11 is 12.6. The molecule has 0 saturated carbocycles. The van der Waals surface area contributed by atoms with Gasteiger partial charge in [-0.3, -0.25) is 4.79 Å². The molecule has 1 heterocycles. The highest BCUT2D eigenvalue weighted by Crippen LogP contribution is 2.25. The topological polar surface area (TPSA) is 39.2 Å². The molecule has 2 aromatic rings. The van der Waals surface area contributed by atoms with Gasteiger partial charge >= 0.3 is 0 Å². The SMILES string of the molecule is O=Cc1ncc(Br)cc1OCc1ccc(Cl)c(Br)c1. The van der Waals surface area contributed by atoms with E-state index in [9.17, 15) is 4.79 Å². The summed E-state index contributed by atoms with van der Waals surface area (Å²) in [6.45, 7) is 0.328. The molecule has 0 fully saturated rings. The van der Waals surface area contributed by atoms with Crippen LogP contribution in [0, 0.1) is 0 Å². The van der Waals surface area contributed by atoms with Gasteiger partial charge in [-0.1, -0.05) is 17.7 Å². The van der Waals surface area contributed by atoms with E-state index in [0.29, 0.717) is 23.7 Å². The van der Waals surface area contributed by atoms with Crippen LogP contribution in [0.5, 0.6) is 5.75 Å². The number of nitrogens with zero attached hydrogens (tertiary/aromatic N) is 1. The smallest absolute Gasteiger partial charge is 0.172 e. The van der Waals surface area contributed by atoms with Gasteiger partial charge < -0.3 is 4.74 Å². The second-order valence-corrected chi connectivity index (χ2v) is 5.87. The number of rotatable bonds is 4. The normalized spacial score (nSPS) is 10.3. The van der Waals surface area contributed by atoms with Crippen molar-refractivity contribution >= 4 is 49.7 Å². The fraction of sp³-hybridized carbons (Fsp3) is 0.0769. The van der Waals surface area contributed by atoms with E-state index < -0.39 is 0 Å². The highest BCUT2D eigenvalue weighted by Gasteiger charge is 2.06. The van der Waals surface area contributed by atoms with Gasteiger partial charge in [-0.05, 0) is 55.6 Å². The van der Waals surface area contributed by atoms with E-state index in [2.05, 4.69) is 36.8 Å². The molecule has 1 aromatic carbocycles. The fourth-order valence-corrected chi connectivity index (χ4v) is 2.28. The number of ether oxygens (including phenoxy) is 1. The van der Waals surface area contributed by atoms with Gasteiger partial charge in [0.25, 0.3) is 0 Å². The molecule has 0 radical (unpaired) electrons. The van der Waals surface area contributed by atoms with Crippen molar-refractivity contribution in [2.45, 2.75) is 6.61 Å². The molecule has 0 spiro atoms. The molecule has 0 aliphatic heterocycles. The lowest BCUT2D eigenvalue weighted by Gasteiger charge is -2.09. The van der Waals surface area contributed by atoms with Gasteiger partial charge in [-0.2, -0.15) is 0 Å². The Kier molecular flexibility index (Phi) is 4.96. The summed E-state index contributed by atoms with van der Waals surface area (Å²) in [6.07, 6.45) is 2.22. The molecule has 0 saturated heterocycles. The standard InChI is InChI=1S/C13H8Br2ClNO2/c14-9-4-13(12(6-18)17-5-9)19-7-8-1-2-11(16)10(15)3-8/h1-6H,7H2. The Morgan fingerprint density at radius 1 is 1.32 bits per heavy atom. The number of aromatic nitrogens is 1. The molecule has 0 aliphatic rings. The monoisotopic (exact) mass is 403 g/mol. The van der Waals surface area contributed by atoms with Crippen molar-refractivity contribution in [3.05, 3.63) is 55.7 Å². The summed E-state index contributed by atoms with van der Waals surface area (Å²) in [7, 11) is 0. The van der Waals surface area contributed by atoms with Crippen LogP contribution in [0.3, 0.4) is 0 Å². The van der Waals surface area contributed by atoms with Crippen LogP contribution in [0.2, 0.25) is 5.02 Å². The molecule has 0 N–H and O–H groups in total. The third kappa shape index (κ3) is 3.78. The summed E-state index contributed by atoms with van der Waals surface area (Å²) in [6, 6.07) is 7.22. The first kappa shape index (κ1) is 14.5. The van der Waals surface area contributed by atoms with Gasteiger partial charge in [0.1, 0.15) is 18.1 Å². The number of hydrogen-bond donors (Lipinski definition) is 0. The van der Waals surface area contributed by atoms with E-state index in [1.165, 1.54) is 0 Å². The van der Waals surface area contributed by atoms with E-state index >= 15 is 0 Å². The summed E-state index contributed by atoms with van der Waals surface area (Å²) in [5, 5.41) is 0.640. The lowest BCUT2D eigenvalue weighted by Crippen LogP contribution is -2.00. The van der Waals surface area contributed by atoms with Crippen LogP contribution in [0.25, 0.3) is 0 Å². The van der Waals surface area contributed by atoms with Gasteiger partial charge in [0.15, 0.2) is 6.29 Å². The lowest BCUT2D eigenvalue weighted by atomic mass is 10.2. The van der Waals surface area contributed by atoms with Crippen LogP contribution in [-0.4, -0.2) is 11.3 Å². The molecule has 98 valence electrons. The number of benzene rings is 1. The minimum atomic E-state index is 0.274. The van der Waals surface area contributed by atoms with Gasteiger partial charge in [-0.25, -0.2) is 4.98 Å². The molecule has 19 heavy (non-hydrogen) atoms. The zero-order chi connectivity index (χ0) is 13.8. The Labute approximate surface area is 132 Å². The van der Waals surface area contributed by atoms with Crippen molar-refractivity contribution in [2.75, 3.05) is 0 Å². The molecule has 0 aliphatic carbocycles. The largest absolute Gasteiger partial charge is 0.486 e. The molecule has 6 heteroatoms. The number of carbonyl (C=O) groups excluding carboxylic acids is 1. The maximum atomic E-state index is 10.9. The van der Waals surface area contributed by atoms with Crippen LogP contribution < -0.4 is 4.74 Å². The van der Waals surface area contributed by atoms with Crippen LogP contribution in [0.1, 0.15) is 16.1 Å². The fourth-order valence-electron chi connectivity index (χ4n) is 1.43. The summed E-state index contributed by atoms with van der Waals surface area (Å²) in [5.74, 6) is 0.440. The first-order valence-electron chi connectivity index (χ1n) is 5.27. The molecule has 2 rings (SSSR count). The molecular formula is C13H8Br2ClNO2. The number of pyridine rings is 1. The average molecular weight is 405 g/mol. The lowest BCUT2D eigenvalue weighted by molar-refractivity contribution is 0.111. The Balaban J connectivity index is 2.16. The molecule has 0 amide bonds. The van der Waals surface area contributed by atoms with Crippen molar-refractivity contribution in [1.29, 1.82) is 0 Å². The molecule has 0 atom stereocenters. The minimum absolute atomic E-state index is 0.274. The second kappa shape index (κ2) is 6.50. The van der Waals surface area contributed by atoms with Gasteiger partial charge in [0, 0.05) is 15.1 Å². The third-order valence-electron chi connectivity index (χ3n) is 2.34. The van der Waals surface area contributed by atoms with Crippen molar-refractivity contribution in [3.63, 3.8) is 0 Å². The second-order valence-electron chi connectivity index (χ2n) is 3.69. The van der Waals surface area contributed by atoms with Gasteiger partial charge in [0.2, 0.25) is 0 Å². The Morgan fingerprint density at radius 3 is 2.79 bits per heavy atom. The molecule has 0 bridgehead atoms. The van der Waals surface area contributed by atoms with E-state index in [4.69, 9.17) is 16.3 Å². The maximum absolute atomic E-state index is 10.9. The predicted molar refractivity (Wildman–Crippen MR) is 80.8 cm³/mol. The molecular weight excluding hydrogens is 397 g/mol. The first-order valence-corrected chi connectivity index (χ1v) is 7.24. The van der Waals surface area contributed by atoms with E-state index in [0.717, 1.165) is 14.5 Å². The van der Waals surface area contributed by atoms with Crippen molar-refractivity contribution in [2.24, 2.45) is 0 Å². The maximum Gasteiger partial charge on any atom is 0.172 e. The van der Waals surface area contributed by atoms with Crippen molar-refractivity contribution in [3.8, 4) is 5.75 Å². The Hall–Kier alpha value is -0.910. The first-order chi connectivity index (χ1) is 9.10. The van der Waals surface area contributed by atoms with E-state index in [1.54, 1.807) is 18.3 Å². The van der Waals surface area contributed by atoms with Gasteiger partial charge in [0.05, 0.1) is 5.02 Å². The number of aldehydes is 1.